The maximum absolute atomic E-state index is 12.4. The van der Waals surface area contributed by atoms with Crippen LogP contribution in [0.5, 0.6) is 0 Å². The number of aryl methyl sites for hydroxylation is 2. The van der Waals surface area contributed by atoms with Crippen molar-refractivity contribution in [1.29, 1.82) is 0 Å². The molecule has 1 fully saturated rings. The van der Waals surface area contributed by atoms with Crippen LogP contribution in [0.4, 0.5) is 5.69 Å². The first-order valence-corrected chi connectivity index (χ1v) is 7.91. The molecule has 0 bridgehead atoms. The Balaban J connectivity index is 1.63. The predicted octanol–water partition coefficient (Wildman–Crippen LogP) is 2.99. The van der Waals surface area contributed by atoms with Gasteiger partial charge >= 0.3 is 0 Å². The molecule has 0 saturated carbocycles. The van der Waals surface area contributed by atoms with Crippen LogP contribution in [0.15, 0.2) is 18.2 Å². The van der Waals surface area contributed by atoms with E-state index in [1.165, 1.54) is 43.2 Å². The molecule has 2 aliphatic rings. The molecular weight excluding hydrogens is 248 g/mol. The van der Waals surface area contributed by atoms with Gasteiger partial charge in [-0.2, -0.15) is 0 Å². The molecule has 3 nitrogen and oxygen atoms in total. The first-order chi connectivity index (χ1) is 9.74. The van der Waals surface area contributed by atoms with Gasteiger partial charge in [0.2, 0.25) is 5.91 Å². The monoisotopic (exact) mass is 272 g/mol. The molecule has 0 unspecified atom stereocenters. The highest BCUT2D eigenvalue weighted by atomic mass is 16.2. The Kier molecular flexibility index (Phi) is 4.06. The molecule has 1 aliphatic heterocycles. The van der Waals surface area contributed by atoms with Crippen molar-refractivity contribution in [2.24, 2.45) is 0 Å². The number of fused-ring (bicyclic) bond motifs is 1. The third-order valence-electron chi connectivity index (χ3n) is 4.68. The predicted molar refractivity (Wildman–Crippen MR) is 82.0 cm³/mol. The molecule has 1 aliphatic carbocycles. The van der Waals surface area contributed by atoms with Gasteiger partial charge in [-0.1, -0.05) is 12.5 Å². The van der Waals surface area contributed by atoms with Crippen molar-refractivity contribution in [3.63, 3.8) is 0 Å². The summed E-state index contributed by atoms with van der Waals surface area (Å²) in [5.41, 5.74) is 3.82. The topological polar surface area (TPSA) is 32.3 Å². The molecule has 1 N–H and O–H groups in total. The highest BCUT2D eigenvalue weighted by Crippen LogP contribution is 2.25. The van der Waals surface area contributed by atoms with E-state index in [9.17, 15) is 4.79 Å². The molecule has 1 heterocycles. The molecule has 1 amide bonds. The molecular formula is C17H24N2O. The van der Waals surface area contributed by atoms with Crippen molar-refractivity contribution in [1.82, 2.24) is 4.90 Å². The minimum atomic E-state index is -0.0245. The van der Waals surface area contributed by atoms with Crippen molar-refractivity contribution in [3.05, 3.63) is 29.3 Å². The van der Waals surface area contributed by atoms with Crippen LogP contribution in [0, 0.1) is 0 Å². The normalized spacial score (nSPS) is 20.4. The number of carbonyl (C=O) groups is 1. The van der Waals surface area contributed by atoms with Gasteiger partial charge in [-0.25, -0.2) is 0 Å². The maximum Gasteiger partial charge on any atom is 0.241 e. The fourth-order valence-corrected chi connectivity index (χ4v) is 3.37. The first kappa shape index (κ1) is 13.6. The van der Waals surface area contributed by atoms with Gasteiger partial charge in [-0.05, 0) is 75.4 Å². The van der Waals surface area contributed by atoms with Crippen LogP contribution in [0.1, 0.15) is 43.7 Å². The molecule has 108 valence electrons. The third kappa shape index (κ3) is 2.88. The van der Waals surface area contributed by atoms with E-state index >= 15 is 0 Å². The van der Waals surface area contributed by atoms with Gasteiger partial charge in [0.15, 0.2) is 0 Å². The Morgan fingerprint density at radius 1 is 1.10 bits per heavy atom. The first-order valence-electron chi connectivity index (χ1n) is 7.91. The Hall–Kier alpha value is -1.35. The summed E-state index contributed by atoms with van der Waals surface area (Å²) in [6, 6.07) is 6.35. The van der Waals surface area contributed by atoms with Crippen LogP contribution in [-0.2, 0) is 17.6 Å². The van der Waals surface area contributed by atoms with Gasteiger partial charge in [-0.3, -0.25) is 9.69 Å². The molecule has 0 radical (unpaired) electrons. The second-order valence-corrected chi connectivity index (χ2v) is 6.10. The molecule has 3 rings (SSSR count). The Morgan fingerprint density at radius 2 is 1.85 bits per heavy atom. The zero-order valence-corrected chi connectivity index (χ0v) is 12.3. The molecule has 20 heavy (non-hydrogen) atoms. The van der Waals surface area contributed by atoms with Gasteiger partial charge < -0.3 is 5.32 Å². The van der Waals surface area contributed by atoms with E-state index in [4.69, 9.17) is 0 Å². The van der Waals surface area contributed by atoms with E-state index in [0.717, 1.165) is 25.2 Å². The molecule has 0 aromatic heterocycles. The summed E-state index contributed by atoms with van der Waals surface area (Å²) in [5, 5.41) is 3.09. The van der Waals surface area contributed by atoms with E-state index in [2.05, 4.69) is 22.3 Å². The number of benzene rings is 1. The molecule has 0 spiro atoms. The summed E-state index contributed by atoms with van der Waals surface area (Å²) >= 11 is 0. The summed E-state index contributed by atoms with van der Waals surface area (Å²) in [4.78, 5) is 14.7. The van der Waals surface area contributed by atoms with Crippen LogP contribution in [-0.4, -0.2) is 29.9 Å². The number of amides is 1. The number of piperidine rings is 1. The zero-order valence-electron chi connectivity index (χ0n) is 12.3. The van der Waals surface area contributed by atoms with Crippen molar-refractivity contribution >= 4 is 11.6 Å². The molecule has 1 aromatic rings. The summed E-state index contributed by atoms with van der Waals surface area (Å²) in [6.07, 6.45) is 7.33. The summed E-state index contributed by atoms with van der Waals surface area (Å²) in [5.74, 6) is 0.129. The van der Waals surface area contributed by atoms with E-state index in [1.54, 1.807) is 0 Å². The largest absolute Gasteiger partial charge is 0.325 e. The van der Waals surface area contributed by atoms with Gasteiger partial charge in [0.1, 0.15) is 0 Å². The third-order valence-corrected chi connectivity index (χ3v) is 4.68. The highest BCUT2D eigenvalue weighted by Gasteiger charge is 2.23. The van der Waals surface area contributed by atoms with Crippen molar-refractivity contribution in [2.75, 3.05) is 18.4 Å². The highest BCUT2D eigenvalue weighted by molar-refractivity contribution is 5.94. The molecule has 1 atom stereocenters. The average molecular weight is 272 g/mol. The fraction of sp³-hybridized carbons (Fsp3) is 0.588. The number of carbonyl (C=O) groups excluding carboxylic acids is 1. The van der Waals surface area contributed by atoms with Crippen LogP contribution < -0.4 is 5.32 Å². The molecule has 1 saturated heterocycles. The number of likely N-dealkylation sites (tertiary alicyclic amines) is 1. The standard InChI is InChI=1S/C17H24N2O/c1-13(19-10-3-2-4-11-19)17(20)18-16-9-8-14-6-5-7-15(14)12-16/h8-9,12-13H,2-7,10-11H2,1H3,(H,18,20)/t13-/m0/s1. The minimum Gasteiger partial charge on any atom is -0.325 e. The summed E-state index contributed by atoms with van der Waals surface area (Å²) in [7, 11) is 0. The van der Waals surface area contributed by atoms with E-state index in [-0.39, 0.29) is 11.9 Å². The number of hydrogen-bond donors (Lipinski definition) is 1. The lowest BCUT2D eigenvalue weighted by Crippen LogP contribution is -2.44. The summed E-state index contributed by atoms with van der Waals surface area (Å²) < 4.78 is 0. The van der Waals surface area contributed by atoms with Crippen LogP contribution in [0.2, 0.25) is 0 Å². The number of rotatable bonds is 3. The van der Waals surface area contributed by atoms with Crippen molar-refractivity contribution in [2.45, 2.75) is 51.5 Å². The number of nitrogens with zero attached hydrogens (tertiary/aromatic N) is 1. The van der Waals surface area contributed by atoms with E-state index < -0.39 is 0 Å². The van der Waals surface area contributed by atoms with Gasteiger partial charge in [0.05, 0.1) is 6.04 Å². The lowest BCUT2D eigenvalue weighted by molar-refractivity contribution is -0.121. The Morgan fingerprint density at radius 3 is 2.65 bits per heavy atom. The van der Waals surface area contributed by atoms with Gasteiger partial charge in [0, 0.05) is 5.69 Å². The lowest BCUT2D eigenvalue weighted by atomic mass is 10.1. The van der Waals surface area contributed by atoms with Gasteiger partial charge in [0.25, 0.3) is 0 Å². The maximum atomic E-state index is 12.4. The quantitative estimate of drug-likeness (QED) is 0.917. The van der Waals surface area contributed by atoms with Crippen LogP contribution >= 0.6 is 0 Å². The molecule has 1 aromatic carbocycles. The fourth-order valence-electron chi connectivity index (χ4n) is 3.37. The van der Waals surface area contributed by atoms with Gasteiger partial charge in [-0.15, -0.1) is 0 Å². The Labute approximate surface area is 121 Å². The summed E-state index contributed by atoms with van der Waals surface area (Å²) in [6.45, 7) is 4.13. The van der Waals surface area contributed by atoms with Crippen LogP contribution in [0.3, 0.4) is 0 Å². The number of anilines is 1. The van der Waals surface area contributed by atoms with E-state index in [0.29, 0.717) is 0 Å². The van der Waals surface area contributed by atoms with Crippen molar-refractivity contribution < 1.29 is 4.79 Å². The SMILES string of the molecule is C[C@@H](C(=O)Nc1ccc2c(c1)CCC2)N1CCCCC1. The van der Waals surface area contributed by atoms with E-state index in [1.807, 2.05) is 13.0 Å². The van der Waals surface area contributed by atoms with Crippen molar-refractivity contribution in [3.8, 4) is 0 Å². The molecule has 3 heteroatoms. The second-order valence-electron chi connectivity index (χ2n) is 6.10. The second kappa shape index (κ2) is 5.96. The number of hydrogen-bond acceptors (Lipinski definition) is 2. The smallest absolute Gasteiger partial charge is 0.241 e. The van der Waals surface area contributed by atoms with Crippen LogP contribution in [0.25, 0.3) is 0 Å². The average Bonchev–Trinajstić information content (AvgIpc) is 2.95. The zero-order chi connectivity index (χ0) is 13.9. The minimum absolute atomic E-state index is 0.0245. The lowest BCUT2D eigenvalue weighted by Gasteiger charge is -2.31. The Bertz CT molecular complexity index is 492. The number of nitrogens with one attached hydrogen (secondary N) is 1.